The zero-order valence-corrected chi connectivity index (χ0v) is 23.9. The number of nitrogens with two attached hydrogens (primary N) is 1. The second-order valence-corrected chi connectivity index (χ2v) is 10.8. The molecule has 1 atom stereocenters. The van der Waals surface area contributed by atoms with Gasteiger partial charge in [0.05, 0.1) is 11.7 Å². The van der Waals surface area contributed by atoms with E-state index < -0.39 is 11.7 Å². The summed E-state index contributed by atoms with van der Waals surface area (Å²) in [6.07, 6.45) is 4.32. The van der Waals surface area contributed by atoms with Crippen molar-refractivity contribution in [2.45, 2.75) is 32.4 Å². The topological polar surface area (TPSA) is 85.0 Å². The van der Waals surface area contributed by atoms with Crippen molar-refractivity contribution in [3.05, 3.63) is 132 Å². The number of benzene rings is 3. The fourth-order valence-electron chi connectivity index (χ4n) is 4.97. The first-order valence-electron chi connectivity index (χ1n) is 14.1. The lowest BCUT2D eigenvalue weighted by Gasteiger charge is -2.23. The van der Waals surface area contributed by atoms with Crippen LogP contribution in [-0.4, -0.2) is 22.2 Å². The van der Waals surface area contributed by atoms with Gasteiger partial charge in [0, 0.05) is 12.2 Å². The standard InChI is InChI=1S/C35H36FN5O/c1-5-26-14-15-27(22(2)3)18-31(26)34(38-21-24-12-13-24)28-9-7-10-29(17-28)39-35(42)33-19-32(23(4)36)40-41(33)30-11-6-8-25(16-30)20-37/h5-11,14-19,24,34,38H,1-2,4,12-13,20-21,37H2,3H3,(H,39,42). The first-order chi connectivity index (χ1) is 20.3. The molecule has 6 nitrogen and oxygen atoms in total. The number of nitrogens with one attached hydrogen (secondary N) is 2. The van der Waals surface area contributed by atoms with Crippen LogP contribution in [0.5, 0.6) is 0 Å². The van der Waals surface area contributed by atoms with Crippen molar-refractivity contribution >= 4 is 29.1 Å². The van der Waals surface area contributed by atoms with Crippen molar-refractivity contribution in [2.24, 2.45) is 11.7 Å². The number of allylic oxidation sites excluding steroid dienone is 1. The van der Waals surface area contributed by atoms with Gasteiger partial charge < -0.3 is 16.4 Å². The van der Waals surface area contributed by atoms with Crippen molar-refractivity contribution in [2.75, 3.05) is 11.9 Å². The maximum Gasteiger partial charge on any atom is 0.274 e. The number of carbonyl (C=O) groups is 1. The highest BCUT2D eigenvalue weighted by atomic mass is 19.1. The van der Waals surface area contributed by atoms with Gasteiger partial charge in [-0.05, 0) is 96.4 Å². The molecule has 1 aliphatic carbocycles. The van der Waals surface area contributed by atoms with Crippen molar-refractivity contribution in [3.63, 3.8) is 0 Å². The number of carbonyl (C=O) groups excluding carboxylic acids is 1. The van der Waals surface area contributed by atoms with E-state index in [1.807, 2.05) is 55.5 Å². The van der Waals surface area contributed by atoms with E-state index in [0.717, 1.165) is 39.9 Å². The predicted octanol–water partition coefficient (Wildman–Crippen LogP) is 7.29. The van der Waals surface area contributed by atoms with E-state index in [2.05, 4.69) is 53.7 Å². The molecular formula is C35H36FN5O. The third kappa shape index (κ3) is 6.48. The summed E-state index contributed by atoms with van der Waals surface area (Å²) in [4.78, 5) is 13.6. The van der Waals surface area contributed by atoms with E-state index in [-0.39, 0.29) is 17.4 Å². The average molecular weight is 562 g/mol. The molecule has 214 valence electrons. The number of anilines is 1. The number of halogens is 1. The van der Waals surface area contributed by atoms with Gasteiger partial charge >= 0.3 is 0 Å². The predicted molar refractivity (Wildman–Crippen MR) is 170 cm³/mol. The molecule has 1 unspecified atom stereocenters. The second-order valence-electron chi connectivity index (χ2n) is 10.8. The smallest absolute Gasteiger partial charge is 0.274 e. The van der Waals surface area contributed by atoms with Crippen LogP contribution in [0.4, 0.5) is 10.1 Å². The highest BCUT2D eigenvalue weighted by Crippen LogP contribution is 2.33. The van der Waals surface area contributed by atoms with E-state index in [1.54, 1.807) is 6.07 Å². The number of aromatic nitrogens is 2. The fraction of sp³-hybridized carbons (Fsp3) is 0.200. The maximum absolute atomic E-state index is 14.1. The fourth-order valence-corrected chi connectivity index (χ4v) is 4.97. The molecule has 1 amide bonds. The number of hydrogen-bond donors (Lipinski definition) is 3. The van der Waals surface area contributed by atoms with Gasteiger partial charge in [0.2, 0.25) is 0 Å². The molecular weight excluding hydrogens is 525 g/mol. The zero-order chi connectivity index (χ0) is 29.8. The largest absolute Gasteiger partial charge is 0.326 e. The second kappa shape index (κ2) is 12.5. The molecule has 1 aromatic heterocycles. The molecule has 4 aromatic rings. The molecule has 42 heavy (non-hydrogen) atoms. The lowest BCUT2D eigenvalue weighted by Crippen LogP contribution is -2.25. The van der Waals surface area contributed by atoms with E-state index in [4.69, 9.17) is 5.73 Å². The monoisotopic (exact) mass is 561 g/mol. The lowest BCUT2D eigenvalue weighted by atomic mass is 9.91. The average Bonchev–Trinajstić information content (AvgIpc) is 3.71. The van der Waals surface area contributed by atoms with Gasteiger partial charge in [-0.15, -0.1) is 0 Å². The van der Waals surface area contributed by atoms with Crippen LogP contribution in [0.15, 0.2) is 92.5 Å². The summed E-state index contributed by atoms with van der Waals surface area (Å²) < 4.78 is 15.5. The van der Waals surface area contributed by atoms with Crippen LogP contribution in [0.3, 0.4) is 0 Å². The lowest BCUT2D eigenvalue weighted by molar-refractivity contribution is 0.101. The van der Waals surface area contributed by atoms with Gasteiger partial charge in [-0.2, -0.15) is 5.10 Å². The molecule has 1 saturated carbocycles. The van der Waals surface area contributed by atoms with Gasteiger partial charge in [0.1, 0.15) is 17.2 Å². The van der Waals surface area contributed by atoms with Crippen molar-refractivity contribution < 1.29 is 9.18 Å². The number of rotatable bonds is 12. The Bertz CT molecular complexity index is 1670. The first-order valence-corrected chi connectivity index (χ1v) is 14.1. The van der Waals surface area contributed by atoms with Crippen LogP contribution in [0.1, 0.15) is 69.8 Å². The Kier molecular flexibility index (Phi) is 8.61. The summed E-state index contributed by atoms with van der Waals surface area (Å²) in [6.45, 7) is 14.7. The SMILES string of the molecule is C=Cc1ccc(C(=C)C)cc1C(NCC1CC1)c1cccc(NC(=O)c2cc(C(=C)F)nn2-c2cccc(CN)c2)c1. The Morgan fingerprint density at radius 1 is 1.12 bits per heavy atom. The van der Waals surface area contributed by atoms with E-state index >= 15 is 0 Å². The summed E-state index contributed by atoms with van der Waals surface area (Å²) in [5, 5.41) is 11.1. The highest BCUT2D eigenvalue weighted by molar-refractivity contribution is 6.04. The summed E-state index contributed by atoms with van der Waals surface area (Å²) in [5.74, 6) is -0.479. The maximum atomic E-state index is 14.1. The molecule has 0 saturated heterocycles. The van der Waals surface area contributed by atoms with Gasteiger partial charge in [-0.3, -0.25) is 4.79 Å². The normalized spacial score (nSPS) is 13.4. The van der Waals surface area contributed by atoms with Gasteiger partial charge in [-0.1, -0.05) is 67.8 Å². The minimum Gasteiger partial charge on any atom is -0.326 e. The molecule has 0 radical (unpaired) electrons. The Labute approximate surface area is 246 Å². The summed E-state index contributed by atoms with van der Waals surface area (Å²) in [5.41, 5.74) is 13.2. The first kappa shape index (κ1) is 28.9. The molecule has 5 rings (SSSR count). The third-order valence-corrected chi connectivity index (χ3v) is 7.51. The van der Waals surface area contributed by atoms with E-state index in [9.17, 15) is 9.18 Å². The van der Waals surface area contributed by atoms with Crippen molar-refractivity contribution in [1.29, 1.82) is 0 Å². The highest BCUT2D eigenvalue weighted by Gasteiger charge is 2.25. The molecule has 1 heterocycles. The number of amides is 1. The van der Waals surface area contributed by atoms with Crippen molar-refractivity contribution in [1.82, 2.24) is 15.1 Å². The van der Waals surface area contributed by atoms with Gasteiger partial charge in [-0.25, -0.2) is 9.07 Å². The number of hydrogen-bond acceptors (Lipinski definition) is 4. The molecule has 3 aromatic carbocycles. The summed E-state index contributed by atoms with van der Waals surface area (Å²) in [7, 11) is 0. The molecule has 7 heteroatoms. The summed E-state index contributed by atoms with van der Waals surface area (Å²) >= 11 is 0. The van der Waals surface area contributed by atoms with Crippen LogP contribution in [-0.2, 0) is 6.54 Å². The summed E-state index contributed by atoms with van der Waals surface area (Å²) in [6, 6.07) is 22.7. The quantitative estimate of drug-likeness (QED) is 0.170. The Balaban J connectivity index is 1.49. The van der Waals surface area contributed by atoms with E-state index in [0.29, 0.717) is 23.8 Å². The molecule has 1 aliphatic rings. The Hall–Kier alpha value is -4.59. The van der Waals surface area contributed by atoms with Crippen LogP contribution in [0.2, 0.25) is 0 Å². The molecule has 0 bridgehead atoms. The third-order valence-electron chi connectivity index (χ3n) is 7.51. The molecule has 0 aliphatic heterocycles. The molecule has 0 spiro atoms. The van der Waals surface area contributed by atoms with Crippen LogP contribution >= 0.6 is 0 Å². The molecule has 4 N–H and O–H groups in total. The van der Waals surface area contributed by atoms with Crippen LogP contribution in [0, 0.1) is 5.92 Å². The van der Waals surface area contributed by atoms with Crippen molar-refractivity contribution in [3.8, 4) is 5.69 Å². The van der Waals surface area contributed by atoms with Crippen LogP contribution < -0.4 is 16.4 Å². The van der Waals surface area contributed by atoms with E-state index in [1.165, 1.54) is 23.6 Å². The molecule has 1 fully saturated rings. The minimum absolute atomic E-state index is 0.00857. The zero-order valence-electron chi connectivity index (χ0n) is 23.9. The van der Waals surface area contributed by atoms with Gasteiger partial charge in [0.25, 0.3) is 5.91 Å². The Morgan fingerprint density at radius 2 is 1.90 bits per heavy atom. The minimum atomic E-state index is -0.723. The van der Waals surface area contributed by atoms with Gasteiger partial charge in [0.15, 0.2) is 0 Å². The Morgan fingerprint density at radius 3 is 2.60 bits per heavy atom. The number of nitrogens with zero attached hydrogens (tertiary/aromatic N) is 2. The van der Waals surface area contributed by atoms with Crippen LogP contribution in [0.25, 0.3) is 23.2 Å².